The molecule has 0 fully saturated rings. The van der Waals surface area contributed by atoms with Gasteiger partial charge in [0.1, 0.15) is 0 Å². The van der Waals surface area contributed by atoms with Gasteiger partial charge in [-0.3, -0.25) is 4.79 Å². The summed E-state index contributed by atoms with van der Waals surface area (Å²) >= 11 is 0. The predicted octanol–water partition coefficient (Wildman–Crippen LogP) is 12.3. The van der Waals surface area contributed by atoms with E-state index >= 15 is 0 Å². The van der Waals surface area contributed by atoms with E-state index < -0.39 is 0 Å². The lowest BCUT2D eigenvalue weighted by atomic mass is 10.1. The standard InChI is InChI=1S/C39H76NO2/c1-5-7-9-11-13-15-17-19-21-23-25-27-29-31-33-36-40(3,38-35-39(41)42-4)37-34-32-30-28-26-24-22-20-18-16-14-12-10-8-6-2/h19-22H,5-18,23-38H2,1-4H3/q+1/b21-19+,22-20+. The fraction of sp³-hybridized carbons (Fsp3) is 0.872. The first-order chi connectivity index (χ1) is 20.6. The number of nitrogens with zero attached hydrogens (tertiary/aromatic N) is 1. The van der Waals surface area contributed by atoms with Crippen molar-refractivity contribution in [3.05, 3.63) is 24.3 Å². The molecule has 0 aromatic rings. The second-order valence-electron chi connectivity index (χ2n) is 13.3. The molecule has 0 aromatic heterocycles. The van der Waals surface area contributed by atoms with Gasteiger partial charge in [-0.1, -0.05) is 128 Å². The van der Waals surface area contributed by atoms with Gasteiger partial charge in [0.2, 0.25) is 0 Å². The van der Waals surface area contributed by atoms with Crippen molar-refractivity contribution < 1.29 is 14.0 Å². The van der Waals surface area contributed by atoms with E-state index in [1.165, 1.54) is 187 Å². The summed E-state index contributed by atoms with van der Waals surface area (Å²) in [5, 5.41) is 0. The molecule has 0 bridgehead atoms. The molecule has 0 unspecified atom stereocenters. The molecular weight excluding hydrogens is 514 g/mol. The monoisotopic (exact) mass is 591 g/mol. The van der Waals surface area contributed by atoms with Gasteiger partial charge in [-0.05, 0) is 77.0 Å². The lowest BCUT2D eigenvalue weighted by Crippen LogP contribution is -2.47. The van der Waals surface area contributed by atoms with Gasteiger partial charge in [-0.2, -0.15) is 0 Å². The predicted molar refractivity (Wildman–Crippen MR) is 187 cm³/mol. The number of carbonyl (C=O) groups is 1. The number of rotatable bonds is 33. The molecule has 0 N–H and O–H groups in total. The highest BCUT2D eigenvalue weighted by Crippen LogP contribution is 2.16. The molecule has 0 aliphatic rings. The number of carbonyl (C=O) groups excluding carboxylic acids is 1. The first-order valence-electron chi connectivity index (χ1n) is 18.8. The van der Waals surface area contributed by atoms with Crippen molar-refractivity contribution >= 4 is 5.97 Å². The van der Waals surface area contributed by atoms with Crippen LogP contribution in [0.2, 0.25) is 0 Å². The summed E-state index contributed by atoms with van der Waals surface area (Å²) in [7, 11) is 3.88. The molecule has 0 aliphatic carbocycles. The maximum absolute atomic E-state index is 11.8. The quantitative estimate of drug-likeness (QED) is 0.0329. The zero-order valence-electron chi connectivity index (χ0n) is 29.3. The van der Waals surface area contributed by atoms with Crippen LogP contribution in [0.5, 0.6) is 0 Å². The van der Waals surface area contributed by atoms with E-state index in [0.717, 1.165) is 11.0 Å². The Kier molecular flexibility index (Phi) is 32.0. The Hall–Kier alpha value is -1.09. The molecule has 42 heavy (non-hydrogen) atoms. The largest absolute Gasteiger partial charge is 0.469 e. The van der Waals surface area contributed by atoms with Crippen LogP contribution < -0.4 is 0 Å². The fourth-order valence-corrected chi connectivity index (χ4v) is 5.93. The van der Waals surface area contributed by atoms with Gasteiger partial charge >= 0.3 is 5.97 Å². The van der Waals surface area contributed by atoms with Gasteiger partial charge in [-0.15, -0.1) is 0 Å². The van der Waals surface area contributed by atoms with Crippen molar-refractivity contribution in [3.8, 4) is 0 Å². The number of unbranched alkanes of at least 4 members (excludes halogenated alkanes) is 22. The molecule has 0 aliphatic heterocycles. The summed E-state index contributed by atoms with van der Waals surface area (Å²) in [6.45, 7) is 7.87. The van der Waals surface area contributed by atoms with Crippen molar-refractivity contribution in [3.63, 3.8) is 0 Å². The van der Waals surface area contributed by atoms with Crippen LogP contribution in [0.15, 0.2) is 24.3 Å². The third-order valence-electron chi connectivity index (χ3n) is 9.00. The highest BCUT2D eigenvalue weighted by Gasteiger charge is 2.22. The SMILES string of the molecule is CCCCCCCC/C=C/CCCCCCC[N+](C)(CCCCCCC/C=C/CCCCCCCC)CCC(=O)OC. The Morgan fingerprint density at radius 3 is 1.12 bits per heavy atom. The minimum Gasteiger partial charge on any atom is -0.469 e. The number of methoxy groups -OCH3 is 1. The molecule has 3 nitrogen and oxygen atoms in total. The molecule has 0 radical (unpaired) electrons. The molecule has 0 rings (SSSR count). The van der Waals surface area contributed by atoms with Crippen LogP contribution in [0, 0.1) is 0 Å². The van der Waals surface area contributed by atoms with Crippen molar-refractivity contribution in [2.75, 3.05) is 33.8 Å². The second-order valence-corrected chi connectivity index (χ2v) is 13.3. The molecule has 0 saturated heterocycles. The molecule has 0 aromatic carbocycles. The van der Waals surface area contributed by atoms with E-state index in [4.69, 9.17) is 4.74 Å². The number of allylic oxidation sites excluding steroid dienone is 4. The summed E-state index contributed by atoms with van der Waals surface area (Å²) in [6, 6.07) is 0. The maximum atomic E-state index is 11.8. The van der Waals surface area contributed by atoms with Crippen molar-refractivity contribution in [1.29, 1.82) is 0 Å². The van der Waals surface area contributed by atoms with Crippen LogP contribution >= 0.6 is 0 Å². The molecule has 0 heterocycles. The Labute approximate surface area is 264 Å². The Balaban J connectivity index is 3.91. The number of esters is 1. The van der Waals surface area contributed by atoms with Crippen molar-refractivity contribution in [1.82, 2.24) is 0 Å². The Morgan fingerprint density at radius 1 is 0.476 bits per heavy atom. The first kappa shape index (κ1) is 40.9. The van der Waals surface area contributed by atoms with Crippen LogP contribution in [0.4, 0.5) is 0 Å². The highest BCUT2D eigenvalue weighted by atomic mass is 16.5. The fourth-order valence-electron chi connectivity index (χ4n) is 5.93. The van der Waals surface area contributed by atoms with E-state index in [9.17, 15) is 4.79 Å². The van der Waals surface area contributed by atoms with E-state index in [0.29, 0.717) is 6.42 Å². The lowest BCUT2D eigenvalue weighted by Gasteiger charge is -2.34. The second kappa shape index (κ2) is 32.8. The summed E-state index contributed by atoms with van der Waals surface area (Å²) < 4.78 is 5.97. The van der Waals surface area contributed by atoms with Crippen LogP contribution in [-0.4, -0.2) is 44.2 Å². The Bertz CT molecular complexity index is 572. The topological polar surface area (TPSA) is 26.3 Å². The lowest BCUT2D eigenvalue weighted by molar-refractivity contribution is -0.909. The number of quaternary nitrogens is 1. The Morgan fingerprint density at radius 2 is 0.786 bits per heavy atom. The summed E-state index contributed by atoms with van der Waals surface area (Å²) in [5.41, 5.74) is 0. The van der Waals surface area contributed by atoms with Crippen LogP contribution in [0.1, 0.15) is 187 Å². The van der Waals surface area contributed by atoms with Gasteiger partial charge in [0, 0.05) is 0 Å². The molecule has 0 spiro atoms. The molecule has 0 amide bonds. The number of hydrogen-bond donors (Lipinski definition) is 0. The average molecular weight is 591 g/mol. The zero-order valence-corrected chi connectivity index (χ0v) is 29.3. The molecular formula is C39H76NO2+. The van der Waals surface area contributed by atoms with E-state index in [1.54, 1.807) is 0 Å². The van der Waals surface area contributed by atoms with E-state index in [1.807, 2.05) is 0 Å². The molecule has 3 heteroatoms. The third-order valence-corrected chi connectivity index (χ3v) is 9.00. The minimum atomic E-state index is -0.0616. The summed E-state index contributed by atoms with van der Waals surface area (Å²) in [6.07, 6.45) is 45.2. The average Bonchev–Trinajstić information content (AvgIpc) is 3.00. The van der Waals surface area contributed by atoms with Crippen molar-refractivity contribution in [2.24, 2.45) is 0 Å². The normalized spacial score (nSPS) is 12.2. The number of hydrogen-bond acceptors (Lipinski definition) is 2. The maximum Gasteiger partial charge on any atom is 0.311 e. The van der Waals surface area contributed by atoms with E-state index in [-0.39, 0.29) is 5.97 Å². The van der Waals surface area contributed by atoms with Gasteiger partial charge in [0.05, 0.1) is 40.2 Å². The number of ether oxygens (including phenoxy) is 1. The zero-order chi connectivity index (χ0) is 30.8. The molecule has 248 valence electrons. The summed E-state index contributed by atoms with van der Waals surface area (Å²) in [4.78, 5) is 11.8. The van der Waals surface area contributed by atoms with Crippen LogP contribution in [0.25, 0.3) is 0 Å². The van der Waals surface area contributed by atoms with Crippen LogP contribution in [-0.2, 0) is 9.53 Å². The van der Waals surface area contributed by atoms with Gasteiger partial charge in [0.25, 0.3) is 0 Å². The van der Waals surface area contributed by atoms with Gasteiger partial charge in [0.15, 0.2) is 0 Å². The third kappa shape index (κ3) is 30.4. The molecule has 0 saturated carbocycles. The van der Waals surface area contributed by atoms with Crippen LogP contribution in [0.3, 0.4) is 0 Å². The highest BCUT2D eigenvalue weighted by molar-refractivity contribution is 5.69. The summed E-state index contributed by atoms with van der Waals surface area (Å²) in [5.74, 6) is -0.0616. The smallest absolute Gasteiger partial charge is 0.311 e. The van der Waals surface area contributed by atoms with Gasteiger partial charge < -0.3 is 9.22 Å². The minimum absolute atomic E-state index is 0.0616. The van der Waals surface area contributed by atoms with E-state index in [2.05, 4.69) is 45.2 Å². The van der Waals surface area contributed by atoms with Crippen molar-refractivity contribution in [2.45, 2.75) is 187 Å². The molecule has 0 atom stereocenters. The van der Waals surface area contributed by atoms with Gasteiger partial charge in [-0.25, -0.2) is 0 Å². The first-order valence-corrected chi connectivity index (χ1v) is 18.8.